The number of para-hydroxylation sites is 1. The molecule has 0 aliphatic carbocycles. The summed E-state index contributed by atoms with van der Waals surface area (Å²) in [7, 11) is 0. The molecule has 4 nitrogen and oxygen atoms in total. The van der Waals surface area contributed by atoms with Crippen molar-refractivity contribution in [1.82, 2.24) is 4.90 Å². The zero-order chi connectivity index (χ0) is 13.9. The van der Waals surface area contributed by atoms with Gasteiger partial charge < -0.3 is 5.32 Å². The zero-order valence-electron chi connectivity index (χ0n) is 11.6. The summed E-state index contributed by atoms with van der Waals surface area (Å²) in [5, 5.41) is 3.01. The Kier molecular flexibility index (Phi) is 2.37. The summed E-state index contributed by atoms with van der Waals surface area (Å²) in [6, 6.07) is 8.15. The van der Waals surface area contributed by atoms with E-state index in [2.05, 4.69) is 10.2 Å². The lowest BCUT2D eigenvalue weighted by Crippen LogP contribution is -2.47. The number of nitrogens with zero attached hydrogens (tertiary/aromatic N) is 1. The van der Waals surface area contributed by atoms with E-state index in [1.54, 1.807) is 6.92 Å². The Balaban J connectivity index is 1.88. The van der Waals surface area contributed by atoms with Crippen LogP contribution in [0.1, 0.15) is 31.7 Å². The molecule has 3 aliphatic rings. The second-order valence-electron chi connectivity index (χ2n) is 6.18. The van der Waals surface area contributed by atoms with Gasteiger partial charge in [0.1, 0.15) is 11.3 Å². The van der Waals surface area contributed by atoms with Gasteiger partial charge in [0.05, 0.1) is 0 Å². The van der Waals surface area contributed by atoms with Gasteiger partial charge in [-0.2, -0.15) is 0 Å². The molecule has 3 unspecified atom stereocenters. The molecule has 4 rings (SSSR count). The highest BCUT2D eigenvalue weighted by Gasteiger charge is 2.62. The lowest BCUT2D eigenvalue weighted by Gasteiger charge is -2.32. The number of ketones is 1. The first kappa shape index (κ1) is 12.1. The van der Waals surface area contributed by atoms with Crippen LogP contribution < -0.4 is 5.32 Å². The van der Waals surface area contributed by atoms with Crippen molar-refractivity contribution in [3.05, 3.63) is 29.8 Å². The largest absolute Gasteiger partial charge is 0.324 e. The molecule has 1 aromatic rings. The van der Waals surface area contributed by atoms with Crippen LogP contribution in [0.2, 0.25) is 0 Å². The monoisotopic (exact) mass is 270 g/mol. The number of benzene rings is 1. The van der Waals surface area contributed by atoms with Crippen LogP contribution in [0.4, 0.5) is 5.69 Å². The van der Waals surface area contributed by atoms with Gasteiger partial charge in [-0.25, -0.2) is 0 Å². The Hall–Kier alpha value is -1.68. The van der Waals surface area contributed by atoms with E-state index in [9.17, 15) is 9.59 Å². The lowest BCUT2D eigenvalue weighted by molar-refractivity contribution is -0.126. The number of nitrogens with one attached hydrogen (secondary N) is 1. The van der Waals surface area contributed by atoms with E-state index in [-0.39, 0.29) is 23.7 Å². The summed E-state index contributed by atoms with van der Waals surface area (Å²) >= 11 is 0. The van der Waals surface area contributed by atoms with Crippen LogP contribution >= 0.6 is 0 Å². The third-order valence-electron chi connectivity index (χ3n) is 5.29. The van der Waals surface area contributed by atoms with Gasteiger partial charge in [-0.15, -0.1) is 0 Å². The van der Waals surface area contributed by atoms with Gasteiger partial charge in [-0.05, 0) is 38.8 Å². The molecule has 1 amide bonds. The average molecular weight is 270 g/mol. The van der Waals surface area contributed by atoms with Crippen molar-refractivity contribution in [3.8, 4) is 0 Å². The Morgan fingerprint density at radius 3 is 3.00 bits per heavy atom. The van der Waals surface area contributed by atoms with E-state index in [4.69, 9.17) is 0 Å². The molecule has 0 bridgehead atoms. The van der Waals surface area contributed by atoms with Crippen LogP contribution in [0.15, 0.2) is 24.3 Å². The second kappa shape index (κ2) is 3.92. The third-order valence-corrected chi connectivity index (χ3v) is 5.29. The minimum absolute atomic E-state index is 0.00518. The number of amides is 1. The molecule has 104 valence electrons. The molecule has 0 aromatic heterocycles. The van der Waals surface area contributed by atoms with Crippen molar-refractivity contribution in [3.63, 3.8) is 0 Å². The van der Waals surface area contributed by atoms with Gasteiger partial charge in [-0.1, -0.05) is 18.2 Å². The van der Waals surface area contributed by atoms with Crippen LogP contribution in [-0.2, 0) is 15.1 Å². The molecule has 0 saturated carbocycles. The van der Waals surface area contributed by atoms with Crippen molar-refractivity contribution in [1.29, 1.82) is 0 Å². The Morgan fingerprint density at radius 2 is 2.20 bits per heavy atom. The van der Waals surface area contributed by atoms with E-state index in [0.717, 1.165) is 30.6 Å². The summed E-state index contributed by atoms with van der Waals surface area (Å²) in [6.45, 7) is 2.58. The van der Waals surface area contributed by atoms with Crippen molar-refractivity contribution >= 4 is 17.4 Å². The Bertz CT molecular complexity index is 612. The van der Waals surface area contributed by atoms with Crippen LogP contribution in [0.5, 0.6) is 0 Å². The minimum Gasteiger partial charge on any atom is -0.324 e. The summed E-state index contributed by atoms with van der Waals surface area (Å²) < 4.78 is 0. The van der Waals surface area contributed by atoms with Crippen LogP contribution in [0.25, 0.3) is 0 Å². The van der Waals surface area contributed by atoms with E-state index in [0.29, 0.717) is 6.42 Å². The summed E-state index contributed by atoms with van der Waals surface area (Å²) in [6.07, 6.45) is 2.74. The van der Waals surface area contributed by atoms with Crippen LogP contribution in [-0.4, -0.2) is 29.2 Å². The molecule has 1 N–H and O–H groups in total. The van der Waals surface area contributed by atoms with E-state index in [1.165, 1.54) is 0 Å². The van der Waals surface area contributed by atoms with Gasteiger partial charge in [0.15, 0.2) is 0 Å². The average Bonchev–Trinajstić information content (AvgIpc) is 3.06. The van der Waals surface area contributed by atoms with Crippen LogP contribution in [0, 0.1) is 5.92 Å². The van der Waals surface area contributed by atoms with E-state index >= 15 is 0 Å². The maximum atomic E-state index is 12.7. The van der Waals surface area contributed by atoms with E-state index in [1.807, 2.05) is 24.3 Å². The quantitative estimate of drug-likeness (QED) is 0.848. The minimum atomic E-state index is -0.603. The molecule has 1 aromatic carbocycles. The fourth-order valence-electron chi connectivity index (χ4n) is 4.46. The van der Waals surface area contributed by atoms with Crippen LogP contribution in [0.3, 0.4) is 0 Å². The molecule has 3 atom stereocenters. The smallest absolute Gasteiger partial charge is 0.249 e. The highest BCUT2D eigenvalue weighted by molar-refractivity contribution is 6.06. The standard InChI is InChI=1S/C16H18N2O2/c1-10(19)11-9-16(18-8-4-7-14(11)18)12-5-2-3-6-13(12)17-15(16)20/h2-3,5-6,11,14H,4,7-9H2,1H3,(H,17,20). The molecule has 4 heteroatoms. The fraction of sp³-hybridized carbons (Fsp3) is 0.500. The number of carbonyl (C=O) groups excluding carboxylic acids is 2. The number of Topliss-reactive ketones (excluding diaryl/α,β-unsaturated/α-hetero) is 1. The highest BCUT2D eigenvalue weighted by atomic mass is 16.2. The Labute approximate surface area is 118 Å². The maximum absolute atomic E-state index is 12.7. The topological polar surface area (TPSA) is 49.4 Å². The summed E-state index contributed by atoms with van der Waals surface area (Å²) in [5.41, 5.74) is 1.36. The van der Waals surface area contributed by atoms with Gasteiger partial charge >= 0.3 is 0 Å². The molecule has 0 radical (unpaired) electrons. The number of rotatable bonds is 1. The third kappa shape index (κ3) is 1.30. The zero-order valence-corrected chi connectivity index (χ0v) is 11.6. The van der Waals surface area contributed by atoms with Gasteiger partial charge in [0.25, 0.3) is 0 Å². The normalized spacial score (nSPS) is 35.1. The first-order valence-corrected chi connectivity index (χ1v) is 7.33. The van der Waals surface area contributed by atoms with Crippen molar-refractivity contribution in [2.24, 2.45) is 5.92 Å². The number of fused-ring (bicyclic) bond motifs is 4. The molecule has 20 heavy (non-hydrogen) atoms. The van der Waals surface area contributed by atoms with Crippen molar-refractivity contribution < 1.29 is 9.59 Å². The predicted octanol–water partition coefficient (Wildman–Crippen LogP) is 1.91. The molecule has 3 heterocycles. The first-order chi connectivity index (χ1) is 9.64. The SMILES string of the molecule is CC(=O)C1CC2(C(=O)Nc3ccccc32)N2CCCC12. The van der Waals surface area contributed by atoms with E-state index < -0.39 is 5.54 Å². The highest BCUT2D eigenvalue weighted by Crippen LogP contribution is 2.54. The molecule has 2 fully saturated rings. The number of carbonyl (C=O) groups is 2. The summed E-state index contributed by atoms with van der Waals surface area (Å²) in [5.74, 6) is 0.264. The molecule has 3 aliphatic heterocycles. The molecule has 2 saturated heterocycles. The summed E-state index contributed by atoms with van der Waals surface area (Å²) in [4.78, 5) is 27.0. The van der Waals surface area contributed by atoms with Gasteiger partial charge in [0.2, 0.25) is 5.91 Å². The van der Waals surface area contributed by atoms with Gasteiger partial charge in [0, 0.05) is 23.2 Å². The second-order valence-corrected chi connectivity index (χ2v) is 6.18. The molecular weight excluding hydrogens is 252 g/mol. The Morgan fingerprint density at radius 1 is 1.40 bits per heavy atom. The number of anilines is 1. The van der Waals surface area contributed by atoms with Crippen molar-refractivity contribution in [2.45, 2.75) is 37.8 Å². The first-order valence-electron chi connectivity index (χ1n) is 7.33. The molecule has 1 spiro atoms. The lowest BCUT2D eigenvalue weighted by atomic mass is 9.83. The number of hydrogen-bond donors (Lipinski definition) is 1. The number of hydrogen-bond acceptors (Lipinski definition) is 3. The predicted molar refractivity (Wildman–Crippen MR) is 75.3 cm³/mol. The molecular formula is C16H18N2O2. The van der Waals surface area contributed by atoms with Crippen molar-refractivity contribution in [2.75, 3.05) is 11.9 Å². The maximum Gasteiger partial charge on any atom is 0.249 e. The fourth-order valence-corrected chi connectivity index (χ4v) is 4.46. The van der Waals surface area contributed by atoms with Gasteiger partial charge in [-0.3, -0.25) is 14.5 Å².